The first-order valence-electron chi connectivity index (χ1n) is 7.27. The van der Waals surface area contributed by atoms with Gasteiger partial charge in [0.25, 0.3) is 0 Å². The Morgan fingerprint density at radius 3 is 2.57 bits per heavy atom. The standard InChI is InChI=1S/C19H14O4/c1-11-7-17-13(9-16(11)21-2)14(10-19(20)23-17)18-8-12-5-3-4-6-15(12)22-18/h3-10H,1-2H3. The van der Waals surface area contributed by atoms with E-state index in [0.29, 0.717) is 16.9 Å². The topological polar surface area (TPSA) is 52.6 Å². The van der Waals surface area contributed by atoms with Crippen molar-refractivity contribution in [2.45, 2.75) is 6.92 Å². The van der Waals surface area contributed by atoms with Crippen LogP contribution >= 0.6 is 0 Å². The summed E-state index contributed by atoms with van der Waals surface area (Å²) in [6.45, 7) is 1.91. The summed E-state index contributed by atoms with van der Waals surface area (Å²) in [4.78, 5) is 11.9. The van der Waals surface area contributed by atoms with E-state index >= 15 is 0 Å². The molecular weight excluding hydrogens is 292 g/mol. The summed E-state index contributed by atoms with van der Waals surface area (Å²) in [6.07, 6.45) is 0. The highest BCUT2D eigenvalue weighted by Gasteiger charge is 2.14. The number of rotatable bonds is 2. The summed E-state index contributed by atoms with van der Waals surface area (Å²) in [7, 11) is 1.62. The zero-order valence-electron chi connectivity index (χ0n) is 12.8. The number of hydrogen-bond donors (Lipinski definition) is 0. The molecule has 4 heteroatoms. The number of para-hydroxylation sites is 1. The highest BCUT2D eigenvalue weighted by atomic mass is 16.5. The third kappa shape index (κ3) is 2.19. The molecule has 0 unspecified atom stereocenters. The van der Waals surface area contributed by atoms with E-state index in [9.17, 15) is 4.79 Å². The molecule has 4 aromatic rings. The highest BCUT2D eigenvalue weighted by molar-refractivity contribution is 5.95. The highest BCUT2D eigenvalue weighted by Crippen LogP contribution is 2.34. The second kappa shape index (κ2) is 5.02. The second-order valence-electron chi connectivity index (χ2n) is 5.45. The number of hydrogen-bond acceptors (Lipinski definition) is 4. The predicted molar refractivity (Wildman–Crippen MR) is 89.0 cm³/mol. The molecule has 0 aliphatic carbocycles. The molecule has 114 valence electrons. The van der Waals surface area contributed by atoms with E-state index in [0.717, 1.165) is 27.7 Å². The Morgan fingerprint density at radius 2 is 1.78 bits per heavy atom. The summed E-state index contributed by atoms with van der Waals surface area (Å²) in [5.41, 5.74) is 2.50. The van der Waals surface area contributed by atoms with Crippen LogP contribution in [0.3, 0.4) is 0 Å². The van der Waals surface area contributed by atoms with Gasteiger partial charge in [-0.2, -0.15) is 0 Å². The van der Waals surface area contributed by atoms with Gasteiger partial charge < -0.3 is 13.6 Å². The van der Waals surface area contributed by atoms with Crippen LogP contribution in [0.15, 0.2) is 62.2 Å². The predicted octanol–water partition coefficient (Wildman–Crippen LogP) is 4.52. The average Bonchev–Trinajstić information content (AvgIpc) is 2.97. The van der Waals surface area contributed by atoms with Crippen LogP contribution in [0.5, 0.6) is 5.75 Å². The maximum Gasteiger partial charge on any atom is 0.336 e. The summed E-state index contributed by atoms with van der Waals surface area (Å²) >= 11 is 0. The molecular formula is C19H14O4. The molecule has 0 spiro atoms. The van der Waals surface area contributed by atoms with Crippen molar-refractivity contribution in [2.75, 3.05) is 7.11 Å². The van der Waals surface area contributed by atoms with Crippen LogP contribution in [0, 0.1) is 6.92 Å². The zero-order valence-corrected chi connectivity index (χ0v) is 12.8. The minimum absolute atomic E-state index is 0.405. The molecule has 0 fully saturated rings. The summed E-state index contributed by atoms with van der Waals surface area (Å²) < 4.78 is 16.6. The summed E-state index contributed by atoms with van der Waals surface area (Å²) in [5, 5.41) is 1.77. The van der Waals surface area contributed by atoms with Gasteiger partial charge in [0.1, 0.15) is 22.7 Å². The van der Waals surface area contributed by atoms with Gasteiger partial charge in [-0.25, -0.2) is 4.79 Å². The molecule has 2 aromatic carbocycles. The molecule has 0 N–H and O–H groups in total. The van der Waals surface area contributed by atoms with Crippen molar-refractivity contribution < 1.29 is 13.6 Å². The average molecular weight is 306 g/mol. The van der Waals surface area contributed by atoms with Crippen LogP contribution in [0.4, 0.5) is 0 Å². The second-order valence-corrected chi connectivity index (χ2v) is 5.45. The lowest BCUT2D eigenvalue weighted by molar-refractivity contribution is 0.412. The van der Waals surface area contributed by atoms with Gasteiger partial charge in [0.15, 0.2) is 0 Å². The molecule has 0 radical (unpaired) electrons. The van der Waals surface area contributed by atoms with Gasteiger partial charge in [-0.15, -0.1) is 0 Å². The first kappa shape index (κ1) is 13.6. The van der Waals surface area contributed by atoms with Gasteiger partial charge in [0.05, 0.1) is 7.11 Å². The third-order valence-electron chi connectivity index (χ3n) is 3.95. The Bertz CT molecular complexity index is 1050. The van der Waals surface area contributed by atoms with E-state index < -0.39 is 5.63 Å². The minimum Gasteiger partial charge on any atom is -0.496 e. The maximum atomic E-state index is 11.9. The van der Waals surface area contributed by atoms with E-state index in [2.05, 4.69) is 0 Å². The van der Waals surface area contributed by atoms with Gasteiger partial charge in [-0.3, -0.25) is 0 Å². The molecule has 0 saturated heterocycles. The van der Waals surface area contributed by atoms with Crippen molar-refractivity contribution in [3.05, 3.63) is 64.5 Å². The fourth-order valence-electron chi connectivity index (χ4n) is 2.83. The van der Waals surface area contributed by atoms with Gasteiger partial charge in [0.2, 0.25) is 0 Å². The lowest BCUT2D eigenvalue weighted by Gasteiger charge is -2.08. The SMILES string of the molecule is COc1cc2c(-c3cc4ccccc4o3)cc(=O)oc2cc1C. The molecule has 4 rings (SSSR count). The number of aryl methyl sites for hydroxylation is 1. The number of fused-ring (bicyclic) bond motifs is 2. The van der Waals surface area contributed by atoms with E-state index in [1.165, 1.54) is 6.07 Å². The monoisotopic (exact) mass is 306 g/mol. The Kier molecular flexibility index (Phi) is 2.98. The van der Waals surface area contributed by atoms with Gasteiger partial charge in [-0.05, 0) is 36.8 Å². The maximum absolute atomic E-state index is 11.9. The smallest absolute Gasteiger partial charge is 0.336 e. The molecule has 0 bridgehead atoms. The number of ether oxygens (including phenoxy) is 1. The third-order valence-corrected chi connectivity index (χ3v) is 3.95. The first-order valence-corrected chi connectivity index (χ1v) is 7.27. The van der Waals surface area contributed by atoms with Crippen molar-refractivity contribution >= 4 is 21.9 Å². The van der Waals surface area contributed by atoms with Crippen molar-refractivity contribution in [3.8, 4) is 17.1 Å². The van der Waals surface area contributed by atoms with Gasteiger partial charge >= 0.3 is 5.63 Å². The van der Waals surface area contributed by atoms with Gasteiger partial charge in [0, 0.05) is 22.4 Å². The van der Waals surface area contributed by atoms with E-state index in [1.54, 1.807) is 7.11 Å². The van der Waals surface area contributed by atoms with Crippen LogP contribution in [0.1, 0.15) is 5.56 Å². The summed E-state index contributed by atoms with van der Waals surface area (Å²) in [6, 6.07) is 14.8. The van der Waals surface area contributed by atoms with E-state index in [4.69, 9.17) is 13.6 Å². The van der Waals surface area contributed by atoms with E-state index in [-0.39, 0.29) is 0 Å². The van der Waals surface area contributed by atoms with Crippen molar-refractivity contribution in [1.29, 1.82) is 0 Å². The zero-order chi connectivity index (χ0) is 16.0. The number of methoxy groups -OCH3 is 1. The van der Waals surface area contributed by atoms with Crippen molar-refractivity contribution in [2.24, 2.45) is 0 Å². The molecule has 0 saturated carbocycles. The molecule has 0 aliphatic rings. The first-order chi connectivity index (χ1) is 11.2. The molecule has 2 aromatic heterocycles. The van der Waals surface area contributed by atoms with E-state index in [1.807, 2.05) is 49.4 Å². The lowest BCUT2D eigenvalue weighted by Crippen LogP contribution is -1.99. The Labute approximate surface area is 131 Å². The fourth-order valence-corrected chi connectivity index (χ4v) is 2.83. The van der Waals surface area contributed by atoms with Gasteiger partial charge in [-0.1, -0.05) is 18.2 Å². The molecule has 0 amide bonds. The molecule has 4 nitrogen and oxygen atoms in total. The Balaban J connectivity index is 2.06. The molecule has 0 aliphatic heterocycles. The summed E-state index contributed by atoms with van der Waals surface area (Å²) in [5.74, 6) is 1.37. The number of furan rings is 1. The normalized spacial score (nSPS) is 11.2. The van der Waals surface area contributed by atoms with Crippen LogP contribution in [-0.2, 0) is 0 Å². The molecule has 0 atom stereocenters. The van der Waals surface area contributed by atoms with Crippen LogP contribution in [0.25, 0.3) is 33.3 Å². The molecule has 2 heterocycles. The fraction of sp³-hybridized carbons (Fsp3) is 0.105. The van der Waals surface area contributed by atoms with Crippen LogP contribution in [0.2, 0.25) is 0 Å². The number of benzene rings is 2. The quantitative estimate of drug-likeness (QED) is 0.511. The Morgan fingerprint density at radius 1 is 0.957 bits per heavy atom. The minimum atomic E-state index is -0.405. The molecule has 23 heavy (non-hydrogen) atoms. The van der Waals surface area contributed by atoms with Crippen molar-refractivity contribution in [3.63, 3.8) is 0 Å². The van der Waals surface area contributed by atoms with Crippen LogP contribution < -0.4 is 10.4 Å². The van der Waals surface area contributed by atoms with Crippen molar-refractivity contribution in [1.82, 2.24) is 0 Å². The largest absolute Gasteiger partial charge is 0.496 e. The van der Waals surface area contributed by atoms with Crippen LogP contribution in [-0.4, -0.2) is 7.11 Å². The Hall–Kier alpha value is -3.01. The lowest BCUT2D eigenvalue weighted by atomic mass is 10.1.